The number of methoxy groups -OCH3 is 3. The van der Waals surface area contributed by atoms with Crippen LogP contribution in [0.1, 0.15) is 30.5 Å². The molecule has 0 bridgehead atoms. The van der Waals surface area contributed by atoms with E-state index >= 15 is 0 Å². The van der Waals surface area contributed by atoms with Crippen LogP contribution in [-0.2, 0) is 14.3 Å². The van der Waals surface area contributed by atoms with Crippen molar-refractivity contribution in [1.29, 1.82) is 0 Å². The molecule has 0 saturated carbocycles. The number of carbonyl (C=O) groups is 2. The summed E-state index contributed by atoms with van der Waals surface area (Å²) in [5.41, 5.74) is 2.50. The van der Waals surface area contributed by atoms with Crippen LogP contribution in [0.3, 0.4) is 0 Å². The zero-order valence-corrected chi connectivity index (χ0v) is 18.9. The van der Waals surface area contributed by atoms with Gasteiger partial charge in [0.25, 0.3) is 5.91 Å². The topological polar surface area (TPSA) is 80.7 Å². The highest BCUT2D eigenvalue weighted by Gasteiger charge is 2.35. The zero-order chi connectivity index (χ0) is 23.1. The molecule has 8 nitrogen and oxygen atoms in total. The molecule has 1 unspecified atom stereocenters. The minimum absolute atomic E-state index is 0.0841. The van der Waals surface area contributed by atoms with Crippen molar-refractivity contribution < 1.29 is 23.8 Å². The van der Waals surface area contributed by atoms with Crippen molar-refractivity contribution in [3.8, 4) is 11.5 Å². The Kier molecular flexibility index (Phi) is 7.83. The monoisotopic (exact) mass is 439 g/mol. The van der Waals surface area contributed by atoms with Gasteiger partial charge >= 0.3 is 0 Å². The third-order valence-corrected chi connectivity index (χ3v) is 5.40. The highest BCUT2D eigenvalue weighted by atomic mass is 16.5. The van der Waals surface area contributed by atoms with Crippen molar-refractivity contribution in [2.24, 2.45) is 5.10 Å². The summed E-state index contributed by atoms with van der Waals surface area (Å²) in [5.74, 6) is 0.928. The van der Waals surface area contributed by atoms with Gasteiger partial charge in [-0.2, -0.15) is 5.10 Å². The first-order valence-electron chi connectivity index (χ1n) is 10.4. The minimum atomic E-state index is -0.351. The fraction of sp³-hybridized carbons (Fsp3) is 0.375. The SMILES string of the molecule is COCCN(CC(=O)N1N=C(c2cccc(OC)c2)CC1c1ccccc1OC)C(C)=O. The van der Waals surface area contributed by atoms with Gasteiger partial charge in [0.15, 0.2) is 0 Å². The fourth-order valence-corrected chi connectivity index (χ4v) is 3.69. The number of hydrogen-bond acceptors (Lipinski definition) is 6. The number of amides is 2. The number of carbonyl (C=O) groups excluding carboxylic acids is 2. The second-order valence-electron chi connectivity index (χ2n) is 7.41. The van der Waals surface area contributed by atoms with E-state index in [2.05, 4.69) is 5.10 Å². The number of hydrazone groups is 1. The smallest absolute Gasteiger partial charge is 0.262 e. The lowest BCUT2D eigenvalue weighted by Crippen LogP contribution is -2.41. The first-order chi connectivity index (χ1) is 15.5. The van der Waals surface area contributed by atoms with Crippen LogP contribution in [0, 0.1) is 0 Å². The lowest BCUT2D eigenvalue weighted by atomic mass is 9.97. The third kappa shape index (κ3) is 5.26. The van der Waals surface area contributed by atoms with Crippen LogP contribution in [0.15, 0.2) is 53.6 Å². The van der Waals surface area contributed by atoms with E-state index in [1.54, 1.807) is 21.3 Å². The molecule has 0 radical (unpaired) electrons. The molecule has 1 heterocycles. The number of nitrogens with zero attached hydrogens (tertiary/aromatic N) is 3. The lowest BCUT2D eigenvalue weighted by molar-refractivity contribution is -0.141. The molecule has 0 N–H and O–H groups in total. The summed E-state index contributed by atoms with van der Waals surface area (Å²) in [6.45, 7) is 2.03. The van der Waals surface area contributed by atoms with Crippen molar-refractivity contribution in [2.75, 3.05) is 41.0 Å². The number of ether oxygens (including phenoxy) is 3. The molecule has 2 amide bonds. The molecule has 32 heavy (non-hydrogen) atoms. The molecule has 0 aromatic heterocycles. The quantitative estimate of drug-likeness (QED) is 0.600. The van der Waals surface area contributed by atoms with Gasteiger partial charge in [-0.05, 0) is 18.2 Å². The maximum Gasteiger partial charge on any atom is 0.262 e. The van der Waals surface area contributed by atoms with Gasteiger partial charge in [0.2, 0.25) is 5.91 Å². The number of para-hydroxylation sites is 1. The Hall–Kier alpha value is -3.39. The summed E-state index contributed by atoms with van der Waals surface area (Å²) in [4.78, 5) is 26.8. The van der Waals surface area contributed by atoms with Crippen molar-refractivity contribution in [2.45, 2.75) is 19.4 Å². The van der Waals surface area contributed by atoms with Gasteiger partial charge in [-0.25, -0.2) is 5.01 Å². The molecule has 1 atom stereocenters. The Morgan fingerprint density at radius 1 is 1.09 bits per heavy atom. The van der Waals surface area contributed by atoms with Crippen molar-refractivity contribution in [3.63, 3.8) is 0 Å². The normalized spacial score (nSPS) is 15.3. The maximum absolute atomic E-state index is 13.3. The van der Waals surface area contributed by atoms with E-state index in [1.807, 2.05) is 48.5 Å². The standard InChI is InChI=1S/C24H29N3O5/c1-17(28)26(12-13-30-2)16-24(29)27-22(20-10-5-6-11-23(20)32-4)15-21(25-27)18-8-7-9-19(14-18)31-3/h5-11,14,22H,12-13,15-16H2,1-4H3. The molecule has 1 aliphatic heterocycles. The van der Waals surface area contributed by atoms with E-state index in [0.717, 1.165) is 16.8 Å². The summed E-state index contributed by atoms with van der Waals surface area (Å²) in [7, 11) is 4.77. The predicted molar refractivity (Wildman–Crippen MR) is 121 cm³/mol. The Morgan fingerprint density at radius 2 is 1.88 bits per heavy atom. The molecule has 170 valence electrons. The van der Waals surface area contributed by atoms with E-state index < -0.39 is 0 Å². The molecule has 0 aliphatic carbocycles. The van der Waals surface area contributed by atoms with E-state index in [-0.39, 0.29) is 24.4 Å². The molecular weight excluding hydrogens is 410 g/mol. The van der Waals surface area contributed by atoms with Gasteiger partial charge in [-0.15, -0.1) is 0 Å². The maximum atomic E-state index is 13.3. The lowest BCUT2D eigenvalue weighted by Gasteiger charge is -2.27. The molecule has 0 fully saturated rings. The van der Waals surface area contributed by atoms with Gasteiger partial charge in [0.1, 0.15) is 18.0 Å². The van der Waals surface area contributed by atoms with Gasteiger partial charge in [-0.3, -0.25) is 9.59 Å². The first-order valence-corrected chi connectivity index (χ1v) is 10.4. The highest BCUT2D eigenvalue weighted by molar-refractivity contribution is 6.03. The average Bonchev–Trinajstić information content (AvgIpc) is 3.27. The second-order valence-corrected chi connectivity index (χ2v) is 7.41. The van der Waals surface area contributed by atoms with Crippen LogP contribution in [0.25, 0.3) is 0 Å². The Morgan fingerprint density at radius 3 is 2.56 bits per heavy atom. The summed E-state index contributed by atoms with van der Waals surface area (Å²) in [5, 5.41) is 6.15. The molecule has 8 heteroatoms. The molecular formula is C24H29N3O5. The van der Waals surface area contributed by atoms with Crippen molar-refractivity contribution >= 4 is 17.5 Å². The summed E-state index contributed by atoms with van der Waals surface area (Å²) < 4.78 is 16.0. The summed E-state index contributed by atoms with van der Waals surface area (Å²) >= 11 is 0. The van der Waals surface area contributed by atoms with Crippen molar-refractivity contribution in [1.82, 2.24) is 9.91 Å². The van der Waals surface area contributed by atoms with Gasteiger partial charge in [0.05, 0.1) is 32.6 Å². The molecule has 1 aliphatic rings. The fourth-order valence-electron chi connectivity index (χ4n) is 3.69. The molecule has 0 spiro atoms. The molecule has 3 rings (SSSR count). The Labute approximate surface area is 188 Å². The second kappa shape index (κ2) is 10.8. The van der Waals surface area contributed by atoms with Crippen LogP contribution in [0.4, 0.5) is 0 Å². The van der Waals surface area contributed by atoms with Gasteiger partial charge in [0, 0.05) is 38.1 Å². The Balaban J connectivity index is 1.95. The van der Waals surface area contributed by atoms with E-state index in [4.69, 9.17) is 14.2 Å². The van der Waals surface area contributed by atoms with Crippen LogP contribution in [0.2, 0.25) is 0 Å². The highest BCUT2D eigenvalue weighted by Crippen LogP contribution is 2.37. The van der Waals surface area contributed by atoms with Crippen LogP contribution < -0.4 is 9.47 Å². The van der Waals surface area contributed by atoms with Crippen LogP contribution in [0.5, 0.6) is 11.5 Å². The average molecular weight is 440 g/mol. The number of hydrogen-bond donors (Lipinski definition) is 0. The van der Waals surface area contributed by atoms with Crippen molar-refractivity contribution in [3.05, 3.63) is 59.7 Å². The van der Waals surface area contributed by atoms with Crippen LogP contribution >= 0.6 is 0 Å². The van der Waals surface area contributed by atoms with E-state index in [9.17, 15) is 9.59 Å². The number of rotatable bonds is 9. The first kappa shape index (κ1) is 23.3. The summed E-state index contributed by atoms with van der Waals surface area (Å²) in [6.07, 6.45) is 0.511. The van der Waals surface area contributed by atoms with E-state index in [0.29, 0.717) is 31.1 Å². The Bertz CT molecular complexity index is 991. The molecule has 2 aromatic carbocycles. The van der Waals surface area contributed by atoms with E-state index in [1.165, 1.54) is 16.8 Å². The largest absolute Gasteiger partial charge is 0.497 e. The molecule has 0 saturated heterocycles. The minimum Gasteiger partial charge on any atom is -0.497 e. The number of benzene rings is 2. The zero-order valence-electron chi connectivity index (χ0n) is 18.9. The molecule has 2 aromatic rings. The predicted octanol–water partition coefficient (Wildman–Crippen LogP) is 2.88. The third-order valence-electron chi connectivity index (χ3n) is 5.40. The van der Waals surface area contributed by atoms with Gasteiger partial charge < -0.3 is 19.1 Å². The van der Waals surface area contributed by atoms with Gasteiger partial charge in [-0.1, -0.05) is 30.3 Å². The van der Waals surface area contributed by atoms with Crippen LogP contribution in [-0.4, -0.2) is 68.5 Å². The summed E-state index contributed by atoms with van der Waals surface area (Å²) in [6, 6.07) is 14.8.